The van der Waals surface area contributed by atoms with Crippen molar-refractivity contribution in [1.29, 1.82) is 0 Å². The fourth-order valence-corrected chi connectivity index (χ4v) is 1.66. The van der Waals surface area contributed by atoms with Crippen molar-refractivity contribution in [2.45, 2.75) is 65.1 Å². The Morgan fingerprint density at radius 2 is 1.17 bits per heavy atom. The Kier molecular flexibility index (Phi) is 7.55. The second-order valence-corrected chi connectivity index (χ2v) is 5.46. The van der Waals surface area contributed by atoms with E-state index < -0.39 is 30.3 Å². The normalized spacial score (nSPS) is 18.8. The van der Waals surface area contributed by atoms with Gasteiger partial charge in [-0.05, 0) is 11.8 Å². The molecule has 0 fully saturated rings. The van der Waals surface area contributed by atoms with E-state index in [1.54, 1.807) is 27.7 Å². The molecular weight excluding hydrogens is 242 g/mol. The van der Waals surface area contributed by atoms with Gasteiger partial charge in [-0.15, -0.1) is 0 Å². The lowest BCUT2D eigenvalue weighted by Crippen LogP contribution is -2.33. The minimum absolute atomic E-state index is 0.387. The van der Waals surface area contributed by atoms with Crippen molar-refractivity contribution in [3.8, 4) is 0 Å². The molecule has 2 N–H and O–H groups in total. The second-order valence-electron chi connectivity index (χ2n) is 5.46. The lowest BCUT2D eigenvalue weighted by Gasteiger charge is -2.21. The van der Waals surface area contributed by atoms with Crippen LogP contribution in [0.25, 0.3) is 0 Å². The molecule has 0 aliphatic rings. The average Bonchev–Trinajstić information content (AvgIpc) is 2.25. The summed E-state index contributed by atoms with van der Waals surface area (Å²) in [6.45, 7) is 6.40. The maximum atomic E-state index is 13.4. The standard InChI is InChI=1S/C13H24F2O3/c1-7(2)12(14)10(17)5-9(16)6-11(18)13(15)8(3)4/h7-8,10-13,17-18H,5-6H2,1-4H3/t10-,11-,12+,13+/m0/s1. The van der Waals surface area contributed by atoms with Crippen LogP contribution in [0.4, 0.5) is 8.78 Å². The second kappa shape index (κ2) is 7.79. The molecule has 0 unspecified atom stereocenters. The predicted molar refractivity (Wildman–Crippen MR) is 65.7 cm³/mol. The maximum absolute atomic E-state index is 13.4. The summed E-state index contributed by atoms with van der Waals surface area (Å²) < 4.78 is 26.7. The highest BCUT2D eigenvalue weighted by Crippen LogP contribution is 2.17. The number of aliphatic hydroxyl groups is 2. The van der Waals surface area contributed by atoms with Crippen molar-refractivity contribution < 1.29 is 23.8 Å². The number of ketones is 1. The molecule has 0 aromatic heterocycles. The van der Waals surface area contributed by atoms with E-state index in [-0.39, 0.29) is 24.7 Å². The van der Waals surface area contributed by atoms with E-state index in [1.807, 2.05) is 0 Å². The molecule has 0 amide bonds. The number of alkyl halides is 2. The molecule has 0 aromatic carbocycles. The Morgan fingerprint density at radius 1 is 0.889 bits per heavy atom. The fraction of sp³-hybridized carbons (Fsp3) is 0.923. The Morgan fingerprint density at radius 3 is 1.39 bits per heavy atom. The average molecular weight is 266 g/mol. The molecule has 3 nitrogen and oxygen atoms in total. The number of aliphatic hydroxyl groups excluding tert-OH is 2. The molecule has 4 atom stereocenters. The van der Waals surface area contributed by atoms with Gasteiger partial charge in [0.15, 0.2) is 0 Å². The van der Waals surface area contributed by atoms with E-state index in [0.717, 1.165) is 0 Å². The number of hydrogen-bond donors (Lipinski definition) is 2. The lowest BCUT2D eigenvalue weighted by atomic mass is 9.95. The summed E-state index contributed by atoms with van der Waals surface area (Å²) in [7, 11) is 0. The van der Waals surface area contributed by atoms with Crippen LogP contribution in [0.2, 0.25) is 0 Å². The molecule has 0 spiro atoms. The van der Waals surface area contributed by atoms with E-state index in [0.29, 0.717) is 0 Å². The number of rotatable bonds is 8. The summed E-state index contributed by atoms with van der Waals surface area (Å²) in [5, 5.41) is 18.9. The molecule has 0 aromatic rings. The molecule has 0 heterocycles. The van der Waals surface area contributed by atoms with Crippen LogP contribution in [0.5, 0.6) is 0 Å². The Balaban J connectivity index is 4.19. The Bertz CT molecular complexity index is 233. The fourth-order valence-electron chi connectivity index (χ4n) is 1.66. The number of carbonyl (C=O) groups excluding carboxylic acids is 1. The first-order valence-electron chi connectivity index (χ1n) is 6.32. The zero-order chi connectivity index (χ0) is 14.5. The van der Waals surface area contributed by atoms with Gasteiger partial charge >= 0.3 is 0 Å². The van der Waals surface area contributed by atoms with Crippen LogP contribution >= 0.6 is 0 Å². The summed E-state index contributed by atoms with van der Waals surface area (Å²) in [6, 6.07) is 0. The third-order valence-electron chi connectivity index (χ3n) is 2.88. The monoisotopic (exact) mass is 266 g/mol. The van der Waals surface area contributed by atoms with Crippen molar-refractivity contribution in [2.75, 3.05) is 0 Å². The van der Waals surface area contributed by atoms with E-state index >= 15 is 0 Å². The van der Waals surface area contributed by atoms with E-state index in [1.165, 1.54) is 0 Å². The number of Topliss-reactive ketones (excluding diaryl/α,β-unsaturated/α-hetero) is 1. The molecule has 0 saturated heterocycles. The van der Waals surface area contributed by atoms with Crippen LogP contribution in [0.3, 0.4) is 0 Å². The van der Waals surface area contributed by atoms with Gasteiger partial charge in [0.05, 0.1) is 12.2 Å². The van der Waals surface area contributed by atoms with Gasteiger partial charge in [-0.2, -0.15) is 0 Å². The van der Waals surface area contributed by atoms with Gasteiger partial charge in [-0.3, -0.25) is 4.79 Å². The van der Waals surface area contributed by atoms with E-state index in [4.69, 9.17) is 0 Å². The topological polar surface area (TPSA) is 57.5 Å². The summed E-state index contributed by atoms with van der Waals surface area (Å²) >= 11 is 0. The highest BCUT2D eigenvalue weighted by Gasteiger charge is 2.28. The number of halogens is 2. The van der Waals surface area contributed by atoms with Gasteiger partial charge < -0.3 is 10.2 Å². The van der Waals surface area contributed by atoms with Gasteiger partial charge in [-0.25, -0.2) is 8.78 Å². The maximum Gasteiger partial charge on any atom is 0.138 e. The predicted octanol–water partition coefficient (Wildman–Crippen LogP) is 2.05. The number of hydrogen-bond acceptors (Lipinski definition) is 3. The molecule has 0 radical (unpaired) electrons. The molecule has 0 aliphatic carbocycles. The zero-order valence-corrected chi connectivity index (χ0v) is 11.4. The number of carbonyl (C=O) groups is 1. The molecule has 0 aliphatic heterocycles. The first-order chi connectivity index (χ1) is 8.16. The quantitative estimate of drug-likeness (QED) is 0.707. The summed E-state index contributed by atoms with van der Waals surface area (Å²) in [5.74, 6) is -1.30. The smallest absolute Gasteiger partial charge is 0.138 e. The molecular formula is C13H24F2O3. The van der Waals surface area contributed by atoms with Crippen LogP contribution in [-0.4, -0.2) is 40.5 Å². The van der Waals surface area contributed by atoms with Gasteiger partial charge in [0, 0.05) is 12.8 Å². The first-order valence-corrected chi connectivity index (χ1v) is 6.32. The first kappa shape index (κ1) is 17.4. The van der Waals surface area contributed by atoms with Crippen LogP contribution < -0.4 is 0 Å². The van der Waals surface area contributed by atoms with Crippen molar-refractivity contribution >= 4 is 5.78 Å². The van der Waals surface area contributed by atoms with Crippen LogP contribution in [0.1, 0.15) is 40.5 Å². The Hall–Kier alpha value is -0.550. The van der Waals surface area contributed by atoms with Crippen LogP contribution in [0.15, 0.2) is 0 Å². The van der Waals surface area contributed by atoms with E-state index in [9.17, 15) is 23.8 Å². The third-order valence-corrected chi connectivity index (χ3v) is 2.88. The largest absolute Gasteiger partial charge is 0.390 e. The molecule has 108 valence electrons. The van der Waals surface area contributed by atoms with Gasteiger partial charge in [0.2, 0.25) is 0 Å². The van der Waals surface area contributed by atoms with Crippen LogP contribution in [-0.2, 0) is 4.79 Å². The SMILES string of the molecule is CC(C)[C@@H](F)[C@@H](O)CC(=O)C[C@H](O)[C@H](F)C(C)C. The minimum atomic E-state index is -1.49. The van der Waals surface area contributed by atoms with Crippen molar-refractivity contribution in [3.05, 3.63) is 0 Å². The van der Waals surface area contributed by atoms with Crippen molar-refractivity contribution in [1.82, 2.24) is 0 Å². The zero-order valence-electron chi connectivity index (χ0n) is 11.4. The molecule has 0 rings (SSSR count). The summed E-state index contributed by atoms with van der Waals surface area (Å²) in [5.41, 5.74) is 0. The van der Waals surface area contributed by atoms with E-state index in [2.05, 4.69) is 0 Å². The molecule has 0 saturated carbocycles. The Labute approximate surface area is 107 Å². The van der Waals surface area contributed by atoms with Crippen molar-refractivity contribution in [2.24, 2.45) is 11.8 Å². The summed E-state index contributed by atoms with van der Waals surface area (Å²) in [4.78, 5) is 11.5. The third kappa shape index (κ3) is 5.87. The van der Waals surface area contributed by atoms with Gasteiger partial charge in [0.1, 0.15) is 18.1 Å². The van der Waals surface area contributed by atoms with Gasteiger partial charge in [-0.1, -0.05) is 27.7 Å². The molecule has 18 heavy (non-hydrogen) atoms. The van der Waals surface area contributed by atoms with Crippen molar-refractivity contribution in [3.63, 3.8) is 0 Å². The minimum Gasteiger partial charge on any atom is -0.390 e. The van der Waals surface area contributed by atoms with Gasteiger partial charge in [0.25, 0.3) is 0 Å². The highest BCUT2D eigenvalue weighted by atomic mass is 19.1. The lowest BCUT2D eigenvalue weighted by molar-refractivity contribution is -0.125. The molecule has 0 bridgehead atoms. The van der Waals surface area contributed by atoms with Crippen LogP contribution in [0, 0.1) is 11.8 Å². The molecule has 5 heteroatoms. The summed E-state index contributed by atoms with van der Waals surface area (Å²) in [6.07, 6.45) is -6.53. The highest BCUT2D eigenvalue weighted by molar-refractivity contribution is 5.79.